The van der Waals surface area contributed by atoms with Gasteiger partial charge in [-0.2, -0.15) is 0 Å². The third-order valence-electron chi connectivity index (χ3n) is 8.02. The van der Waals surface area contributed by atoms with Crippen LogP contribution in [0.15, 0.2) is 23.2 Å². The van der Waals surface area contributed by atoms with Crippen LogP contribution in [0.4, 0.5) is 0 Å². The van der Waals surface area contributed by atoms with E-state index in [1.807, 2.05) is 22.6 Å². The molecular formula is C24H29BINO7. The number of aliphatic hydroxyl groups is 1. The Kier molecular flexibility index (Phi) is 6.69. The Bertz CT molecular complexity index is 1040. The summed E-state index contributed by atoms with van der Waals surface area (Å²) in [5.41, 5.74) is 1.86. The standard InChI is InChI=1S/C24H29BINO7/c1-33-19-9-12(8-17(26)22(19)29)18-10-15-20-16(7-13(11-28)21(15)25(32)34-18)23(30)27(24(20)31)14-5-3-2-4-6-14/h8-9,14-16,18,20,28-29,32H,2-7,10-11H2,1H3/t15-,16-,18-,20+/m0/s1. The molecule has 182 valence electrons. The number of fused-ring (bicyclic) bond motifs is 3. The Labute approximate surface area is 212 Å². The average molecular weight is 581 g/mol. The van der Waals surface area contributed by atoms with Crippen molar-refractivity contribution in [2.75, 3.05) is 13.7 Å². The number of rotatable bonds is 4. The molecule has 3 N–H and O–H groups in total. The minimum absolute atomic E-state index is 0.0313. The van der Waals surface area contributed by atoms with Crippen molar-refractivity contribution in [1.29, 1.82) is 0 Å². The highest BCUT2D eigenvalue weighted by Gasteiger charge is 2.58. The zero-order valence-electron chi connectivity index (χ0n) is 19.1. The van der Waals surface area contributed by atoms with Gasteiger partial charge < -0.3 is 24.6 Å². The summed E-state index contributed by atoms with van der Waals surface area (Å²) in [6.07, 6.45) is 4.95. The van der Waals surface area contributed by atoms with Crippen molar-refractivity contribution in [3.8, 4) is 11.5 Å². The molecule has 4 aliphatic rings. The third kappa shape index (κ3) is 3.86. The van der Waals surface area contributed by atoms with Gasteiger partial charge in [0.05, 0.1) is 35.2 Å². The van der Waals surface area contributed by atoms with Crippen LogP contribution in [0.25, 0.3) is 0 Å². The molecule has 1 aromatic carbocycles. The zero-order valence-corrected chi connectivity index (χ0v) is 21.2. The molecule has 2 saturated heterocycles. The van der Waals surface area contributed by atoms with E-state index < -0.39 is 31.0 Å². The van der Waals surface area contributed by atoms with Crippen LogP contribution in [0, 0.1) is 21.3 Å². The molecule has 2 heterocycles. The van der Waals surface area contributed by atoms with Crippen LogP contribution in [0.5, 0.6) is 11.5 Å². The summed E-state index contributed by atoms with van der Waals surface area (Å²) >= 11 is 2.01. The SMILES string of the molecule is COc1cc([C@@H]2C[C@@H]3C(=C(CO)C[C@@H]4C(=O)N(C5CCCCC5)C(=O)[C@@H]43)B(O)O2)cc(I)c1O. The summed E-state index contributed by atoms with van der Waals surface area (Å²) in [4.78, 5) is 28.6. The minimum Gasteiger partial charge on any atom is -0.504 e. The number of likely N-dealkylation sites (tertiary alicyclic amines) is 1. The smallest absolute Gasteiger partial charge is 0.487 e. The lowest BCUT2D eigenvalue weighted by Crippen LogP contribution is -2.45. The van der Waals surface area contributed by atoms with Crippen molar-refractivity contribution in [3.63, 3.8) is 0 Å². The minimum atomic E-state index is -1.28. The number of aliphatic hydroxyl groups excluding tert-OH is 1. The molecule has 34 heavy (non-hydrogen) atoms. The summed E-state index contributed by atoms with van der Waals surface area (Å²) in [5.74, 6) is -1.42. The number of carbonyl (C=O) groups is 2. The first-order valence-electron chi connectivity index (χ1n) is 11.9. The van der Waals surface area contributed by atoms with Gasteiger partial charge in [-0.25, -0.2) is 0 Å². The molecular weight excluding hydrogens is 552 g/mol. The molecule has 1 saturated carbocycles. The van der Waals surface area contributed by atoms with Gasteiger partial charge >= 0.3 is 7.12 Å². The van der Waals surface area contributed by atoms with Gasteiger partial charge in [-0.1, -0.05) is 19.3 Å². The van der Waals surface area contributed by atoms with Crippen LogP contribution < -0.4 is 4.74 Å². The van der Waals surface area contributed by atoms with E-state index in [1.165, 1.54) is 12.0 Å². The first-order chi connectivity index (χ1) is 16.3. The molecule has 1 aromatic rings. The van der Waals surface area contributed by atoms with Crippen LogP contribution in [0.3, 0.4) is 0 Å². The average Bonchev–Trinajstić information content (AvgIpc) is 3.10. The number of phenolic OH excluding ortho intramolecular Hbond substituents is 1. The molecule has 2 amide bonds. The van der Waals surface area contributed by atoms with E-state index in [1.54, 1.807) is 12.1 Å². The maximum atomic E-state index is 13.7. The van der Waals surface area contributed by atoms with Gasteiger partial charge in [0, 0.05) is 6.04 Å². The Morgan fingerprint density at radius 3 is 2.59 bits per heavy atom. The van der Waals surface area contributed by atoms with Crippen molar-refractivity contribution in [1.82, 2.24) is 4.90 Å². The van der Waals surface area contributed by atoms with Crippen LogP contribution >= 0.6 is 22.6 Å². The number of carbonyl (C=O) groups excluding carboxylic acids is 2. The number of nitrogens with zero attached hydrogens (tertiary/aromatic N) is 1. The third-order valence-corrected chi connectivity index (χ3v) is 8.84. The summed E-state index contributed by atoms with van der Waals surface area (Å²) in [7, 11) is 0.185. The summed E-state index contributed by atoms with van der Waals surface area (Å²) in [6, 6.07) is 3.39. The quantitative estimate of drug-likeness (QED) is 0.285. The summed E-state index contributed by atoms with van der Waals surface area (Å²) in [5, 5.41) is 31.3. The van der Waals surface area contributed by atoms with E-state index in [4.69, 9.17) is 9.39 Å². The number of phenols is 1. The number of hydrogen-bond acceptors (Lipinski definition) is 7. The molecule has 10 heteroatoms. The first-order valence-corrected chi connectivity index (χ1v) is 13.0. The fourth-order valence-electron chi connectivity index (χ4n) is 6.43. The maximum Gasteiger partial charge on any atom is 0.487 e. The second-order valence-electron chi connectivity index (χ2n) is 9.76. The molecule has 0 aromatic heterocycles. The van der Waals surface area contributed by atoms with Gasteiger partial charge in [0.15, 0.2) is 11.5 Å². The lowest BCUT2D eigenvalue weighted by molar-refractivity contribution is -0.143. The predicted octanol–water partition coefficient (Wildman–Crippen LogP) is 2.73. The first kappa shape index (κ1) is 24.1. The van der Waals surface area contributed by atoms with Gasteiger partial charge in [-0.3, -0.25) is 14.5 Å². The van der Waals surface area contributed by atoms with E-state index in [-0.39, 0.29) is 36.6 Å². The molecule has 0 unspecified atom stereocenters. The van der Waals surface area contributed by atoms with Gasteiger partial charge in [0.1, 0.15) is 0 Å². The van der Waals surface area contributed by atoms with E-state index in [0.29, 0.717) is 32.3 Å². The molecule has 8 nitrogen and oxygen atoms in total. The number of benzene rings is 1. The summed E-state index contributed by atoms with van der Waals surface area (Å²) in [6.45, 7) is -0.282. The number of hydrogen-bond donors (Lipinski definition) is 3. The largest absolute Gasteiger partial charge is 0.504 e. The Morgan fingerprint density at radius 2 is 1.91 bits per heavy atom. The number of allylic oxidation sites excluding steroid dienone is 1. The Hall–Kier alpha value is -1.63. The van der Waals surface area contributed by atoms with Crippen LogP contribution in [-0.2, 0) is 14.2 Å². The number of ether oxygens (including phenoxy) is 1. The fraction of sp³-hybridized carbons (Fsp3) is 0.583. The van der Waals surface area contributed by atoms with Gasteiger partial charge in [-0.05, 0) is 82.9 Å². The molecule has 0 bridgehead atoms. The van der Waals surface area contributed by atoms with Crippen molar-refractivity contribution < 1.29 is 34.2 Å². The van der Waals surface area contributed by atoms with Gasteiger partial charge in [0.25, 0.3) is 0 Å². The number of amides is 2. The lowest BCUT2D eigenvalue weighted by Gasteiger charge is -2.42. The topological polar surface area (TPSA) is 117 Å². The number of halogens is 1. The van der Waals surface area contributed by atoms with Gasteiger partial charge in [0.2, 0.25) is 11.8 Å². The molecule has 4 atom stereocenters. The number of imide groups is 1. The Balaban J connectivity index is 1.51. The van der Waals surface area contributed by atoms with E-state index >= 15 is 0 Å². The normalized spacial score (nSPS) is 30.0. The van der Waals surface area contributed by atoms with Crippen LogP contribution in [0.1, 0.15) is 56.6 Å². The van der Waals surface area contributed by atoms with Crippen LogP contribution in [-0.4, -0.2) is 58.8 Å². The zero-order chi connectivity index (χ0) is 24.1. The fourth-order valence-corrected chi connectivity index (χ4v) is 7.06. The summed E-state index contributed by atoms with van der Waals surface area (Å²) < 4.78 is 11.8. The molecule has 2 aliphatic heterocycles. The number of methoxy groups -OCH3 is 1. The van der Waals surface area contributed by atoms with Crippen molar-refractivity contribution in [2.45, 2.75) is 57.1 Å². The molecule has 5 rings (SSSR count). The predicted molar refractivity (Wildman–Crippen MR) is 132 cm³/mol. The molecule has 3 fully saturated rings. The Morgan fingerprint density at radius 1 is 1.18 bits per heavy atom. The maximum absolute atomic E-state index is 13.7. The monoisotopic (exact) mass is 581 g/mol. The molecule has 2 aliphatic carbocycles. The second-order valence-corrected chi connectivity index (χ2v) is 10.9. The number of aromatic hydroxyl groups is 1. The highest BCUT2D eigenvalue weighted by atomic mass is 127. The van der Waals surface area contributed by atoms with Crippen molar-refractivity contribution >= 4 is 41.5 Å². The highest BCUT2D eigenvalue weighted by molar-refractivity contribution is 14.1. The second kappa shape index (κ2) is 9.44. The molecule has 0 radical (unpaired) electrons. The van der Waals surface area contributed by atoms with Crippen molar-refractivity contribution in [2.24, 2.45) is 17.8 Å². The van der Waals surface area contributed by atoms with Gasteiger partial charge in [-0.15, -0.1) is 0 Å². The van der Waals surface area contributed by atoms with E-state index in [0.717, 1.165) is 32.1 Å². The highest BCUT2D eigenvalue weighted by Crippen LogP contribution is 2.52. The molecule has 0 spiro atoms. The lowest BCUT2D eigenvalue weighted by atomic mass is 9.55. The van der Waals surface area contributed by atoms with Crippen LogP contribution in [0.2, 0.25) is 0 Å². The van der Waals surface area contributed by atoms with Crippen molar-refractivity contribution in [3.05, 3.63) is 32.3 Å². The van der Waals surface area contributed by atoms with E-state index in [9.17, 15) is 24.8 Å². The van der Waals surface area contributed by atoms with E-state index in [2.05, 4.69) is 0 Å².